The molecule has 0 fully saturated rings. The molecule has 0 saturated heterocycles. The van der Waals surface area contributed by atoms with E-state index in [1.807, 2.05) is 55.5 Å². The molecule has 5 nitrogen and oxygen atoms in total. The Morgan fingerprint density at radius 3 is 2.88 bits per heavy atom. The molecule has 1 atom stereocenters. The summed E-state index contributed by atoms with van der Waals surface area (Å²) in [4.78, 5) is 13.0. The molecule has 26 heavy (non-hydrogen) atoms. The predicted molar refractivity (Wildman–Crippen MR) is 98.3 cm³/mol. The van der Waals surface area contributed by atoms with Gasteiger partial charge in [-0.15, -0.1) is 0 Å². The standard InChI is InChI=1S/C21H21NO4/c1-2-24-13-16-14-7-3-6-10-19(14)26-20(16)21(23)22-17-11-12-25-18-9-5-4-8-15(17)18/h3-10,17H,2,11-13H2,1H3,(H,22,23)/t17-/m1/s1. The molecule has 1 N–H and O–H groups in total. The number of amides is 1. The summed E-state index contributed by atoms with van der Waals surface area (Å²) >= 11 is 0. The van der Waals surface area contributed by atoms with Crippen molar-refractivity contribution >= 4 is 16.9 Å². The monoisotopic (exact) mass is 351 g/mol. The van der Waals surface area contributed by atoms with E-state index < -0.39 is 0 Å². The Labute approximate surface area is 151 Å². The van der Waals surface area contributed by atoms with Gasteiger partial charge in [0.1, 0.15) is 11.3 Å². The molecule has 5 heteroatoms. The lowest BCUT2D eigenvalue weighted by Gasteiger charge is -2.26. The van der Waals surface area contributed by atoms with Crippen molar-refractivity contribution in [2.24, 2.45) is 0 Å². The van der Waals surface area contributed by atoms with E-state index >= 15 is 0 Å². The third-order valence-corrected chi connectivity index (χ3v) is 4.62. The minimum Gasteiger partial charge on any atom is -0.493 e. The van der Waals surface area contributed by atoms with Crippen molar-refractivity contribution < 1.29 is 18.7 Å². The van der Waals surface area contributed by atoms with Crippen LogP contribution in [0.4, 0.5) is 0 Å². The van der Waals surface area contributed by atoms with Gasteiger partial charge in [0.25, 0.3) is 5.91 Å². The van der Waals surface area contributed by atoms with Gasteiger partial charge in [-0.05, 0) is 19.1 Å². The average molecular weight is 351 g/mol. The molecular formula is C21H21NO4. The molecular weight excluding hydrogens is 330 g/mol. The van der Waals surface area contributed by atoms with Gasteiger partial charge in [-0.25, -0.2) is 0 Å². The van der Waals surface area contributed by atoms with E-state index in [4.69, 9.17) is 13.9 Å². The van der Waals surface area contributed by atoms with E-state index in [0.29, 0.717) is 31.2 Å². The molecule has 1 aliphatic rings. The first-order valence-corrected chi connectivity index (χ1v) is 8.88. The third kappa shape index (κ3) is 3.06. The minimum atomic E-state index is -0.224. The summed E-state index contributed by atoms with van der Waals surface area (Å²) in [6.07, 6.45) is 0.726. The highest BCUT2D eigenvalue weighted by Crippen LogP contribution is 2.33. The van der Waals surface area contributed by atoms with Gasteiger partial charge < -0.3 is 19.2 Å². The number of nitrogens with one attached hydrogen (secondary N) is 1. The maximum atomic E-state index is 13.0. The van der Waals surface area contributed by atoms with Crippen LogP contribution in [0, 0.1) is 0 Å². The zero-order valence-corrected chi connectivity index (χ0v) is 14.7. The predicted octanol–water partition coefficient (Wildman–Crippen LogP) is 4.22. The summed E-state index contributed by atoms with van der Waals surface area (Å²) in [6, 6.07) is 15.3. The Hall–Kier alpha value is -2.79. The Morgan fingerprint density at radius 2 is 2.00 bits per heavy atom. The van der Waals surface area contributed by atoms with Crippen LogP contribution in [0.5, 0.6) is 5.75 Å². The van der Waals surface area contributed by atoms with Crippen LogP contribution >= 0.6 is 0 Å². The summed E-state index contributed by atoms with van der Waals surface area (Å²) in [7, 11) is 0. The summed E-state index contributed by atoms with van der Waals surface area (Å²) in [5.41, 5.74) is 2.48. The van der Waals surface area contributed by atoms with Crippen molar-refractivity contribution in [3.8, 4) is 5.75 Å². The van der Waals surface area contributed by atoms with Gasteiger partial charge in [0, 0.05) is 29.5 Å². The number of hydrogen-bond acceptors (Lipinski definition) is 4. The second-order valence-corrected chi connectivity index (χ2v) is 6.24. The summed E-state index contributed by atoms with van der Waals surface area (Å²) < 4.78 is 17.1. The van der Waals surface area contributed by atoms with E-state index in [-0.39, 0.29) is 11.9 Å². The highest BCUT2D eigenvalue weighted by Gasteiger charge is 2.26. The van der Waals surface area contributed by atoms with E-state index in [1.54, 1.807) is 0 Å². The average Bonchev–Trinajstić information content (AvgIpc) is 3.05. The van der Waals surface area contributed by atoms with Gasteiger partial charge in [-0.2, -0.15) is 0 Å². The SMILES string of the molecule is CCOCc1c(C(=O)N[C@@H]2CCOc3ccccc32)oc2ccccc12. The Bertz CT molecular complexity index is 931. The van der Waals surface area contributed by atoms with Crippen molar-refractivity contribution in [3.05, 3.63) is 65.4 Å². The Kier molecular flexibility index (Phi) is 4.63. The molecule has 0 unspecified atom stereocenters. The number of rotatable bonds is 5. The zero-order valence-electron chi connectivity index (χ0n) is 14.7. The normalized spacial score (nSPS) is 16.1. The van der Waals surface area contributed by atoms with Crippen molar-refractivity contribution in [1.82, 2.24) is 5.32 Å². The molecule has 2 heterocycles. The Balaban J connectivity index is 1.65. The quantitative estimate of drug-likeness (QED) is 0.747. The van der Waals surface area contributed by atoms with E-state index in [1.165, 1.54) is 0 Å². The molecule has 1 aromatic heterocycles. The number of fused-ring (bicyclic) bond motifs is 2. The van der Waals surface area contributed by atoms with Gasteiger partial charge in [-0.3, -0.25) is 4.79 Å². The maximum Gasteiger partial charge on any atom is 0.287 e. The first kappa shape index (κ1) is 16.7. The largest absolute Gasteiger partial charge is 0.493 e. The second-order valence-electron chi connectivity index (χ2n) is 6.24. The number of furan rings is 1. The maximum absolute atomic E-state index is 13.0. The lowest BCUT2D eigenvalue weighted by Crippen LogP contribution is -2.32. The van der Waals surface area contributed by atoms with Crippen molar-refractivity contribution in [1.29, 1.82) is 0 Å². The first-order chi connectivity index (χ1) is 12.8. The summed E-state index contributed by atoms with van der Waals surface area (Å²) in [5.74, 6) is 0.921. The van der Waals surface area contributed by atoms with Crippen LogP contribution in [0.2, 0.25) is 0 Å². The van der Waals surface area contributed by atoms with E-state index in [2.05, 4.69) is 5.32 Å². The van der Waals surface area contributed by atoms with Gasteiger partial charge in [0.2, 0.25) is 0 Å². The highest BCUT2D eigenvalue weighted by molar-refractivity contribution is 5.99. The molecule has 4 rings (SSSR count). The molecule has 0 aliphatic carbocycles. The first-order valence-electron chi connectivity index (χ1n) is 8.88. The van der Waals surface area contributed by atoms with Crippen LogP contribution < -0.4 is 10.1 Å². The molecule has 3 aromatic rings. The number of para-hydroxylation sites is 2. The van der Waals surface area contributed by atoms with Crippen LogP contribution in [-0.4, -0.2) is 19.1 Å². The highest BCUT2D eigenvalue weighted by atomic mass is 16.5. The van der Waals surface area contributed by atoms with Gasteiger partial charge in [-0.1, -0.05) is 36.4 Å². The van der Waals surface area contributed by atoms with Crippen LogP contribution in [0.15, 0.2) is 52.9 Å². The molecule has 134 valence electrons. The summed E-state index contributed by atoms with van der Waals surface area (Å²) in [5, 5.41) is 4.02. The van der Waals surface area contributed by atoms with Crippen LogP contribution in [-0.2, 0) is 11.3 Å². The van der Waals surface area contributed by atoms with E-state index in [9.17, 15) is 4.79 Å². The van der Waals surface area contributed by atoms with Crippen LogP contribution in [0.1, 0.15) is 41.1 Å². The van der Waals surface area contributed by atoms with Crippen molar-refractivity contribution in [2.75, 3.05) is 13.2 Å². The van der Waals surface area contributed by atoms with Gasteiger partial charge in [0.05, 0.1) is 19.3 Å². The molecule has 0 bridgehead atoms. The molecule has 0 spiro atoms. The molecule has 1 aliphatic heterocycles. The third-order valence-electron chi connectivity index (χ3n) is 4.62. The second kappa shape index (κ2) is 7.22. The zero-order chi connectivity index (χ0) is 17.9. The number of hydrogen-bond donors (Lipinski definition) is 1. The fraction of sp³-hybridized carbons (Fsp3) is 0.286. The van der Waals surface area contributed by atoms with Crippen LogP contribution in [0.25, 0.3) is 11.0 Å². The molecule has 1 amide bonds. The number of carbonyl (C=O) groups excluding carboxylic acids is 1. The fourth-order valence-electron chi connectivity index (χ4n) is 3.35. The number of benzene rings is 2. The van der Waals surface area contributed by atoms with Crippen molar-refractivity contribution in [3.63, 3.8) is 0 Å². The molecule has 2 aromatic carbocycles. The molecule has 0 radical (unpaired) electrons. The smallest absolute Gasteiger partial charge is 0.287 e. The topological polar surface area (TPSA) is 60.7 Å². The Morgan fingerprint density at radius 1 is 1.19 bits per heavy atom. The molecule has 0 saturated carbocycles. The minimum absolute atomic E-state index is 0.0967. The summed E-state index contributed by atoms with van der Waals surface area (Å²) in [6.45, 7) is 3.43. The van der Waals surface area contributed by atoms with Gasteiger partial charge in [0.15, 0.2) is 5.76 Å². The lowest BCUT2D eigenvalue weighted by molar-refractivity contribution is 0.0886. The van der Waals surface area contributed by atoms with E-state index in [0.717, 1.165) is 28.7 Å². The number of carbonyl (C=O) groups is 1. The fourth-order valence-corrected chi connectivity index (χ4v) is 3.35. The lowest BCUT2D eigenvalue weighted by atomic mass is 10.0. The van der Waals surface area contributed by atoms with Gasteiger partial charge >= 0.3 is 0 Å². The van der Waals surface area contributed by atoms with Crippen molar-refractivity contribution in [2.45, 2.75) is 26.0 Å². The van der Waals surface area contributed by atoms with Crippen LogP contribution in [0.3, 0.4) is 0 Å². The number of ether oxygens (including phenoxy) is 2.